The van der Waals surface area contributed by atoms with Gasteiger partial charge in [0.05, 0.1) is 7.11 Å². The lowest BCUT2D eigenvalue weighted by Crippen LogP contribution is -2.53. The number of nitrogens with one attached hydrogen (secondary N) is 1. The van der Waals surface area contributed by atoms with E-state index < -0.39 is 5.54 Å². The minimum absolute atomic E-state index is 0.202. The Labute approximate surface area is 106 Å². The third-order valence-corrected chi connectivity index (χ3v) is 3.48. The fourth-order valence-corrected chi connectivity index (χ4v) is 2.71. The lowest BCUT2D eigenvalue weighted by molar-refractivity contribution is -0.148. The molecule has 0 saturated carbocycles. The monoisotopic (exact) mass is 253 g/mol. The average molecular weight is 254 g/mol. The summed E-state index contributed by atoms with van der Waals surface area (Å²) in [5, 5.41) is 3.97. The highest BCUT2D eigenvalue weighted by Crippen LogP contribution is 2.32. The summed E-state index contributed by atoms with van der Waals surface area (Å²) in [6.45, 7) is 2.72. The van der Waals surface area contributed by atoms with E-state index in [1.54, 1.807) is 0 Å². The summed E-state index contributed by atoms with van der Waals surface area (Å²) in [5.74, 6) is -0.202. The zero-order valence-corrected chi connectivity index (χ0v) is 10.8. The van der Waals surface area contributed by atoms with Crippen LogP contribution in [0.1, 0.15) is 18.1 Å². The summed E-state index contributed by atoms with van der Waals surface area (Å²) in [5.41, 5.74) is 1.68. The second-order valence-corrected chi connectivity index (χ2v) is 4.81. The van der Waals surface area contributed by atoms with E-state index in [1.807, 2.05) is 25.1 Å². The summed E-state index contributed by atoms with van der Waals surface area (Å²) >= 11 is 5.97. The van der Waals surface area contributed by atoms with Crippen molar-refractivity contribution in [3.05, 3.63) is 34.3 Å². The Morgan fingerprint density at radius 2 is 2.18 bits per heavy atom. The van der Waals surface area contributed by atoms with Crippen LogP contribution in [0.2, 0.25) is 5.02 Å². The Hall–Kier alpha value is -1.06. The molecule has 0 saturated heterocycles. The number of benzene rings is 1. The molecule has 1 N–H and O–H groups in total. The van der Waals surface area contributed by atoms with E-state index in [2.05, 4.69) is 5.32 Å². The van der Waals surface area contributed by atoms with Crippen molar-refractivity contribution in [1.29, 1.82) is 0 Å². The van der Waals surface area contributed by atoms with Crippen molar-refractivity contribution in [2.24, 2.45) is 0 Å². The van der Waals surface area contributed by atoms with E-state index >= 15 is 0 Å². The second kappa shape index (κ2) is 4.67. The number of hydrogen-bond donors (Lipinski definition) is 1. The van der Waals surface area contributed by atoms with Crippen molar-refractivity contribution in [3.63, 3.8) is 0 Å². The maximum absolute atomic E-state index is 12.0. The summed E-state index contributed by atoms with van der Waals surface area (Å²) in [4.78, 5) is 12.0. The molecule has 1 aliphatic carbocycles. The first kappa shape index (κ1) is 12.4. The molecule has 2 rings (SSSR count). The van der Waals surface area contributed by atoms with Crippen LogP contribution in [0.4, 0.5) is 0 Å². The zero-order chi connectivity index (χ0) is 12.5. The van der Waals surface area contributed by atoms with Gasteiger partial charge >= 0.3 is 5.97 Å². The van der Waals surface area contributed by atoms with E-state index in [1.165, 1.54) is 12.7 Å². The number of methoxy groups -OCH3 is 1. The van der Waals surface area contributed by atoms with Crippen molar-refractivity contribution in [2.75, 3.05) is 13.7 Å². The van der Waals surface area contributed by atoms with E-state index in [9.17, 15) is 4.79 Å². The fraction of sp³-hybridized carbons (Fsp3) is 0.462. The van der Waals surface area contributed by atoms with Gasteiger partial charge in [-0.1, -0.05) is 24.6 Å². The summed E-state index contributed by atoms with van der Waals surface area (Å²) in [6.07, 6.45) is 1.31. The molecule has 0 fully saturated rings. The van der Waals surface area contributed by atoms with Crippen LogP contribution in [0.3, 0.4) is 0 Å². The number of rotatable bonds is 3. The van der Waals surface area contributed by atoms with Crippen LogP contribution in [0.15, 0.2) is 18.2 Å². The van der Waals surface area contributed by atoms with Gasteiger partial charge in [0, 0.05) is 17.9 Å². The minimum Gasteiger partial charge on any atom is -0.468 e. The molecule has 0 aliphatic heterocycles. The molecule has 92 valence electrons. The van der Waals surface area contributed by atoms with Gasteiger partial charge in [0.2, 0.25) is 0 Å². The molecule has 3 nitrogen and oxygen atoms in total. The predicted octanol–water partition coefficient (Wildman–Crippen LogP) is 1.96. The molecule has 1 unspecified atom stereocenters. The molecule has 1 aromatic rings. The van der Waals surface area contributed by atoms with Crippen LogP contribution in [0, 0.1) is 0 Å². The number of hydrogen-bond acceptors (Lipinski definition) is 3. The first-order valence-corrected chi connectivity index (χ1v) is 6.10. The molecule has 0 spiro atoms. The van der Waals surface area contributed by atoms with Gasteiger partial charge in [-0.2, -0.15) is 0 Å². The topological polar surface area (TPSA) is 38.3 Å². The van der Waals surface area contributed by atoms with E-state index in [0.29, 0.717) is 17.9 Å². The number of halogens is 1. The number of ether oxygens (including phenoxy) is 1. The molecule has 1 aliphatic rings. The van der Waals surface area contributed by atoms with Gasteiger partial charge in [-0.25, -0.2) is 0 Å². The molecule has 0 amide bonds. The van der Waals surface area contributed by atoms with Gasteiger partial charge < -0.3 is 10.1 Å². The van der Waals surface area contributed by atoms with E-state index in [-0.39, 0.29) is 5.97 Å². The molecular formula is C13H16ClNO2. The first-order chi connectivity index (χ1) is 8.11. The molecule has 0 bridgehead atoms. The van der Waals surface area contributed by atoms with Crippen molar-refractivity contribution in [2.45, 2.75) is 25.3 Å². The number of likely N-dealkylation sites (N-methyl/N-ethyl adjacent to an activating group) is 1. The highest BCUT2D eigenvalue weighted by atomic mass is 35.5. The zero-order valence-electron chi connectivity index (χ0n) is 10.0. The molecule has 4 heteroatoms. The number of carbonyl (C=O) groups excluding carboxylic acids is 1. The van der Waals surface area contributed by atoms with Crippen LogP contribution in [0.5, 0.6) is 0 Å². The van der Waals surface area contributed by atoms with Gasteiger partial charge in [-0.05, 0) is 29.8 Å². The quantitative estimate of drug-likeness (QED) is 0.837. The Morgan fingerprint density at radius 1 is 1.47 bits per heavy atom. The molecule has 1 atom stereocenters. The normalized spacial score (nSPS) is 22.3. The summed E-state index contributed by atoms with van der Waals surface area (Å²) in [6, 6.07) is 5.78. The smallest absolute Gasteiger partial charge is 0.326 e. The predicted molar refractivity (Wildman–Crippen MR) is 67.3 cm³/mol. The fourth-order valence-electron chi connectivity index (χ4n) is 2.52. The van der Waals surface area contributed by atoms with Gasteiger partial charge in [0.15, 0.2) is 0 Å². The second-order valence-electron chi connectivity index (χ2n) is 4.37. The van der Waals surface area contributed by atoms with Crippen molar-refractivity contribution < 1.29 is 9.53 Å². The van der Waals surface area contributed by atoms with Crippen LogP contribution in [-0.2, 0) is 22.4 Å². The highest BCUT2D eigenvalue weighted by Gasteiger charge is 2.44. The molecule has 1 aromatic carbocycles. The first-order valence-electron chi connectivity index (χ1n) is 5.72. The lowest BCUT2D eigenvalue weighted by Gasteiger charge is -2.26. The van der Waals surface area contributed by atoms with E-state index in [4.69, 9.17) is 16.3 Å². The van der Waals surface area contributed by atoms with Crippen LogP contribution >= 0.6 is 11.6 Å². The standard InChI is InChI=1S/C13H16ClNO2/c1-3-15-13(12(16)17-2)7-9-4-5-11(14)6-10(9)8-13/h4-6,15H,3,7-8H2,1-2H3. The SMILES string of the molecule is CCNC1(C(=O)OC)Cc2ccc(Cl)cc2C1. The molecular weight excluding hydrogens is 238 g/mol. The maximum atomic E-state index is 12.0. The molecule has 0 aromatic heterocycles. The van der Waals surface area contributed by atoms with Gasteiger partial charge in [0.25, 0.3) is 0 Å². The minimum atomic E-state index is -0.615. The molecule has 17 heavy (non-hydrogen) atoms. The summed E-state index contributed by atoms with van der Waals surface area (Å²) < 4.78 is 4.92. The number of carbonyl (C=O) groups is 1. The van der Waals surface area contributed by atoms with Crippen LogP contribution in [-0.4, -0.2) is 25.2 Å². The average Bonchev–Trinajstić information content (AvgIpc) is 2.67. The third kappa shape index (κ3) is 2.17. The Balaban J connectivity index is 2.33. The van der Waals surface area contributed by atoms with Crippen molar-refractivity contribution in [3.8, 4) is 0 Å². The third-order valence-electron chi connectivity index (χ3n) is 3.24. The van der Waals surface area contributed by atoms with E-state index in [0.717, 1.165) is 12.1 Å². The van der Waals surface area contributed by atoms with Gasteiger partial charge in [0.1, 0.15) is 5.54 Å². The lowest BCUT2D eigenvalue weighted by atomic mass is 9.96. The van der Waals surface area contributed by atoms with Crippen LogP contribution in [0.25, 0.3) is 0 Å². The maximum Gasteiger partial charge on any atom is 0.326 e. The number of esters is 1. The van der Waals surface area contributed by atoms with Crippen LogP contribution < -0.4 is 5.32 Å². The number of fused-ring (bicyclic) bond motifs is 1. The Kier molecular flexibility index (Phi) is 3.40. The Bertz CT molecular complexity index is 447. The van der Waals surface area contributed by atoms with Crippen molar-refractivity contribution >= 4 is 17.6 Å². The van der Waals surface area contributed by atoms with Crippen molar-refractivity contribution in [1.82, 2.24) is 5.32 Å². The molecule has 0 heterocycles. The highest BCUT2D eigenvalue weighted by molar-refractivity contribution is 6.30. The molecule has 0 radical (unpaired) electrons. The summed E-state index contributed by atoms with van der Waals surface area (Å²) in [7, 11) is 1.43. The Morgan fingerprint density at radius 3 is 2.82 bits per heavy atom. The van der Waals surface area contributed by atoms with Gasteiger partial charge in [-0.3, -0.25) is 4.79 Å². The van der Waals surface area contributed by atoms with Gasteiger partial charge in [-0.15, -0.1) is 0 Å². The largest absolute Gasteiger partial charge is 0.468 e.